The summed E-state index contributed by atoms with van der Waals surface area (Å²) in [6, 6.07) is 1.90. The minimum Gasteiger partial charge on any atom is -0.382 e. The second-order valence-electron chi connectivity index (χ2n) is 5.37. The minimum absolute atomic E-state index is 0.0809. The smallest absolute Gasteiger partial charge is 0.278 e. The normalized spacial score (nSPS) is 10.8. The molecule has 3 N–H and O–H groups in total. The van der Waals surface area contributed by atoms with Gasteiger partial charge < -0.3 is 16.0 Å². The van der Waals surface area contributed by atoms with Crippen LogP contribution in [0.15, 0.2) is 29.3 Å². The first kappa shape index (κ1) is 17.3. The molecule has 0 atom stereocenters. The number of aromatic nitrogens is 3. The summed E-state index contributed by atoms with van der Waals surface area (Å²) in [4.78, 5) is 26.5. The number of carbonyl (C=O) groups is 1. The van der Waals surface area contributed by atoms with Crippen molar-refractivity contribution in [2.24, 2.45) is 0 Å². The predicted octanol–water partition coefficient (Wildman–Crippen LogP) is 1.96. The first-order valence-corrected chi connectivity index (χ1v) is 7.93. The number of rotatable bonds is 6. The van der Waals surface area contributed by atoms with E-state index in [0.717, 1.165) is 24.9 Å². The van der Waals surface area contributed by atoms with Crippen LogP contribution >= 0.6 is 15.9 Å². The maximum absolute atomic E-state index is 12.3. The summed E-state index contributed by atoms with van der Waals surface area (Å²) in [6.45, 7) is 1.00. The van der Waals surface area contributed by atoms with Gasteiger partial charge in [-0.25, -0.2) is 9.97 Å². The summed E-state index contributed by atoms with van der Waals surface area (Å²) in [7, 11) is 4.08. The summed E-state index contributed by atoms with van der Waals surface area (Å²) in [5.41, 5.74) is 7.45. The molecule has 0 radical (unpaired) electrons. The number of pyridine rings is 1. The van der Waals surface area contributed by atoms with Crippen molar-refractivity contribution in [3.63, 3.8) is 0 Å². The van der Waals surface area contributed by atoms with E-state index in [1.165, 1.54) is 6.20 Å². The Kier molecular flexibility index (Phi) is 6.00. The molecule has 2 rings (SSSR count). The van der Waals surface area contributed by atoms with Crippen molar-refractivity contribution >= 4 is 33.3 Å². The van der Waals surface area contributed by atoms with Crippen LogP contribution in [0, 0.1) is 0 Å². The molecule has 7 nitrogen and oxygen atoms in total. The van der Waals surface area contributed by atoms with Crippen LogP contribution in [0.3, 0.4) is 0 Å². The zero-order valence-corrected chi connectivity index (χ0v) is 14.7. The van der Waals surface area contributed by atoms with E-state index in [0.29, 0.717) is 10.3 Å². The fourth-order valence-electron chi connectivity index (χ4n) is 2.03. The summed E-state index contributed by atoms with van der Waals surface area (Å²) >= 11 is 3.18. The highest BCUT2D eigenvalue weighted by Crippen LogP contribution is 2.15. The Balaban J connectivity index is 2.05. The Bertz CT molecular complexity index is 691. The lowest BCUT2D eigenvalue weighted by Gasteiger charge is -2.10. The first-order chi connectivity index (χ1) is 11.0. The van der Waals surface area contributed by atoms with Crippen molar-refractivity contribution in [2.75, 3.05) is 31.7 Å². The zero-order chi connectivity index (χ0) is 16.8. The summed E-state index contributed by atoms with van der Waals surface area (Å²) in [5, 5.41) is 2.75. The van der Waals surface area contributed by atoms with E-state index in [4.69, 9.17) is 5.73 Å². The van der Waals surface area contributed by atoms with Crippen molar-refractivity contribution in [1.82, 2.24) is 19.9 Å². The van der Waals surface area contributed by atoms with Gasteiger partial charge in [-0.2, -0.15) is 0 Å². The highest BCUT2D eigenvalue weighted by atomic mass is 79.9. The van der Waals surface area contributed by atoms with Crippen molar-refractivity contribution in [3.8, 4) is 0 Å². The zero-order valence-electron chi connectivity index (χ0n) is 13.1. The minimum atomic E-state index is -0.413. The molecular weight excluding hydrogens is 360 g/mol. The Morgan fingerprint density at radius 2 is 2.13 bits per heavy atom. The Hall–Kier alpha value is -2.06. The summed E-state index contributed by atoms with van der Waals surface area (Å²) in [6.07, 6.45) is 6.76. The molecule has 0 bridgehead atoms. The Morgan fingerprint density at radius 3 is 2.87 bits per heavy atom. The first-order valence-electron chi connectivity index (χ1n) is 7.13. The average molecular weight is 379 g/mol. The van der Waals surface area contributed by atoms with E-state index in [9.17, 15) is 4.79 Å². The molecule has 0 aliphatic heterocycles. The highest BCUT2D eigenvalue weighted by Gasteiger charge is 2.14. The molecule has 2 aromatic heterocycles. The number of hydrogen-bond donors (Lipinski definition) is 2. The van der Waals surface area contributed by atoms with E-state index < -0.39 is 5.91 Å². The van der Waals surface area contributed by atoms with E-state index in [1.807, 2.05) is 20.2 Å². The van der Waals surface area contributed by atoms with Gasteiger partial charge in [0.25, 0.3) is 5.91 Å². The van der Waals surface area contributed by atoms with E-state index in [-0.39, 0.29) is 11.5 Å². The molecule has 0 unspecified atom stereocenters. The maximum atomic E-state index is 12.3. The standard InChI is InChI=1S/C15H19BrN6O/c1-22(2)5-3-4-10-6-11(8-18-7-10)20-15(23)13-14(17)19-9-12(16)21-13/h6-9H,3-5H2,1-2H3,(H2,17,19)(H,20,23). The molecule has 0 aliphatic carbocycles. The van der Waals surface area contributed by atoms with Crippen molar-refractivity contribution < 1.29 is 4.79 Å². The maximum Gasteiger partial charge on any atom is 0.278 e. The molecule has 0 saturated carbocycles. The molecular formula is C15H19BrN6O. The van der Waals surface area contributed by atoms with Crippen LogP contribution in [0.25, 0.3) is 0 Å². The molecule has 0 aliphatic rings. The monoisotopic (exact) mass is 378 g/mol. The molecule has 0 fully saturated rings. The summed E-state index contributed by atoms with van der Waals surface area (Å²) in [5.74, 6) is -0.329. The number of aryl methyl sites for hydroxylation is 1. The third kappa shape index (κ3) is 5.26. The molecule has 0 saturated heterocycles. The quantitative estimate of drug-likeness (QED) is 0.797. The van der Waals surface area contributed by atoms with Gasteiger partial charge in [0.2, 0.25) is 0 Å². The van der Waals surface area contributed by atoms with Gasteiger partial charge in [-0.15, -0.1) is 0 Å². The third-order valence-electron chi connectivity index (χ3n) is 3.11. The van der Waals surface area contributed by atoms with Crippen LogP contribution in [-0.4, -0.2) is 46.4 Å². The van der Waals surface area contributed by atoms with Crippen LogP contribution in [0.1, 0.15) is 22.5 Å². The van der Waals surface area contributed by atoms with Gasteiger partial charge in [0, 0.05) is 6.20 Å². The summed E-state index contributed by atoms with van der Waals surface area (Å²) < 4.78 is 0.451. The topological polar surface area (TPSA) is 97.0 Å². The lowest BCUT2D eigenvalue weighted by Crippen LogP contribution is -2.17. The molecule has 23 heavy (non-hydrogen) atoms. The van der Waals surface area contributed by atoms with Gasteiger partial charge in [-0.1, -0.05) is 0 Å². The molecule has 1 amide bonds. The number of anilines is 2. The highest BCUT2D eigenvalue weighted by molar-refractivity contribution is 9.10. The fourth-order valence-corrected chi connectivity index (χ4v) is 2.31. The number of carbonyl (C=O) groups excluding carboxylic acids is 1. The SMILES string of the molecule is CN(C)CCCc1cncc(NC(=O)c2nc(Br)cnc2N)c1. The molecule has 2 aromatic rings. The van der Waals surface area contributed by atoms with Crippen LogP contribution in [0.5, 0.6) is 0 Å². The number of halogens is 1. The van der Waals surface area contributed by atoms with Crippen LogP contribution in [0.2, 0.25) is 0 Å². The predicted molar refractivity (Wildman–Crippen MR) is 93.2 cm³/mol. The fraction of sp³-hybridized carbons (Fsp3) is 0.333. The van der Waals surface area contributed by atoms with Gasteiger partial charge >= 0.3 is 0 Å². The second-order valence-corrected chi connectivity index (χ2v) is 6.18. The number of nitrogens with one attached hydrogen (secondary N) is 1. The lowest BCUT2D eigenvalue weighted by atomic mass is 10.1. The Labute approximate surface area is 143 Å². The lowest BCUT2D eigenvalue weighted by molar-refractivity contribution is 0.102. The number of amides is 1. The van der Waals surface area contributed by atoms with E-state index in [1.54, 1.807) is 12.4 Å². The molecule has 2 heterocycles. The Morgan fingerprint density at radius 1 is 1.35 bits per heavy atom. The number of nitrogens with two attached hydrogens (primary N) is 1. The van der Waals surface area contributed by atoms with E-state index >= 15 is 0 Å². The van der Waals surface area contributed by atoms with Gasteiger partial charge in [-0.3, -0.25) is 9.78 Å². The van der Waals surface area contributed by atoms with Gasteiger partial charge in [0.1, 0.15) is 4.60 Å². The number of nitrogens with zero attached hydrogens (tertiary/aromatic N) is 4. The van der Waals surface area contributed by atoms with Crippen LogP contribution in [-0.2, 0) is 6.42 Å². The van der Waals surface area contributed by atoms with Gasteiger partial charge in [-0.05, 0) is 61.0 Å². The van der Waals surface area contributed by atoms with Gasteiger partial charge in [0.15, 0.2) is 11.5 Å². The van der Waals surface area contributed by atoms with E-state index in [2.05, 4.69) is 41.1 Å². The van der Waals surface area contributed by atoms with Crippen molar-refractivity contribution in [2.45, 2.75) is 12.8 Å². The molecule has 122 valence electrons. The molecule has 0 aromatic carbocycles. The largest absolute Gasteiger partial charge is 0.382 e. The second kappa shape index (κ2) is 7.98. The van der Waals surface area contributed by atoms with Crippen molar-refractivity contribution in [3.05, 3.63) is 40.5 Å². The van der Waals surface area contributed by atoms with Crippen molar-refractivity contribution in [1.29, 1.82) is 0 Å². The van der Waals surface area contributed by atoms with Crippen LogP contribution in [0.4, 0.5) is 11.5 Å². The number of nitrogen functional groups attached to an aromatic ring is 1. The third-order valence-corrected chi connectivity index (χ3v) is 3.49. The van der Waals surface area contributed by atoms with Crippen LogP contribution < -0.4 is 11.1 Å². The molecule has 8 heteroatoms. The molecule has 0 spiro atoms. The average Bonchev–Trinajstić information content (AvgIpc) is 2.49. The van der Waals surface area contributed by atoms with Gasteiger partial charge in [0.05, 0.1) is 18.1 Å². The number of hydrogen-bond acceptors (Lipinski definition) is 6.